The molecule has 2 saturated carbocycles. The molecule has 4 aliphatic rings. The molecule has 1 aromatic heterocycles. The predicted molar refractivity (Wildman–Crippen MR) is 171 cm³/mol. The number of aromatic amines is 1. The number of thioether (sulfide) groups is 1. The van der Waals surface area contributed by atoms with Crippen molar-refractivity contribution in [3.05, 3.63) is 67.6 Å². The first-order valence-electron chi connectivity index (χ1n) is 14.6. The number of primary sulfonamides is 1. The number of fused-ring (bicyclic) bond motifs is 9. The molecule has 47 heavy (non-hydrogen) atoms. The van der Waals surface area contributed by atoms with Gasteiger partial charge >= 0.3 is 10.8 Å². The van der Waals surface area contributed by atoms with Crippen LogP contribution in [0.4, 0.5) is 5.69 Å². The lowest BCUT2D eigenvalue weighted by Gasteiger charge is -2.43. The number of halogens is 1. The van der Waals surface area contributed by atoms with Crippen molar-refractivity contribution in [2.75, 3.05) is 18.5 Å². The van der Waals surface area contributed by atoms with Gasteiger partial charge in [0.15, 0.2) is 6.61 Å². The summed E-state index contributed by atoms with van der Waals surface area (Å²) in [6.45, 7) is -0.573. The summed E-state index contributed by atoms with van der Waals surface area (Å²) in [5.74, 6) is -4.02. The number of nitrogens with one attached hydrogen (secondary N) is 2. The number of nitrogens with two attached hydrogens (primary N) is 1. The Morgan fingerprint density at radius 2 is 1.79 bits per heavy atom. The van der Waals surface area contributed by atoms with Gasteiger partial charge in [-0.15, -0.1) is 11.8 Å². The normalized spacial score (nSPS) is 27.4. The van der Waals surface area contributed by atoms with E-state index in [-0.39, 0.29) is 57.6 Å². The molecule has 5 N–H and O–H groups in total. The van der Waals surface area contributed by atoms with Crippen molar-refractivity contribution in [2.24, 2.45) is 34.7 Å². The minimum absolute atomic E-state index is 0.100. The van der Waals surface area contributed by atoms with E-state index in [1.807, 2.05) is 0 Å². The SMILES string of the molecule is NS(=O)(=O)c1ccc(NC(=O)COc2ccc(Cl)cc2[C@H]2c3sc(=O)[nH]c3SC3C4CC(C5C(=O)N(CCC(=O)O)C(=O)C45)C32)cc1. The Balaban J connectivity index is 1.18. The first-order chi connectivity index (χ1) is 22.3. The Kier molecular flexibility index (Phi) is 7.98. The average molecular weight is 719 g/mol. The molecule has 2 aromatic carbocycles. The molecular weight excluding hydrogens is 692 g/mol. The Morgan fingerprint density at radius 1 is 1.09 bits per heavy atom. The molecule has 2 aliphatic carbocycles. The quantitative estimate of drug-likeness (QED) is 0.238. The van der Waals surface area contributed by atoms with Gasteiger partial charge in [0.2, 0.25) is 21.8 Å². The lowest BCUT2D eigenvalue weighted by atomic mass is 9.68. The lowest BCUT2D eigenvalue weighted by Crippen LogP contribution is -2.42. The first kappa shape index (κ1) is 31.9. The van der Waals surface area contributed by atoms with Crippen molar-refractivity contribution < 1.29 is 37.4 Å². The van der Waals surface area contributed by atoms with Crippen LogP contribution in [0, 0.1) is 29.6 Å². The number of sulfonamides is 1. The van der Waals surface area contributed by atoms with Gasteiger partial charge in [-0.1, -0.05) is 22.9 Å². The number of nitrogens with zero attached hydrogens (tertiary/aromatic N) is 1. The van der Waals surface area contributed by atoms with Crippen molar-refractivity contribution in [2.45, 2.75) is 33.9 Å². The highest BCUT2D eigenvalue weighted by Gasteiger charge is 2.69. The molecule has 17 heteroatoms. The number of carbonyl (C=O) groups is 4. The van der Waals surface area contributed by atoms with Gasteiger partial charge < -0.3 is 20.1 Å². The molecule has 246 valence electrons. The smallest absolute Gasteiger partial charge is 0.305 e. The standard InChI is InChI=1S/C30H27ClN4O9S3/c31-12-1-6-18(44-11-19(36)33-13-2-4-14(5-3-13)47(32,42)43)15(9-12)21-22-16-10-17(25(22)45-27-26(21)46-30(41)34-27)24-23(16)28(39)35(29(24)40)8-7-20(37)38/h1-6,9,16-17,21-25H,7-8,10-11H2,(H,33,36)(H,34,41)(H,37,38)(H2,32,42,43)/t16?,17?,21-,22?,23?,24?,25?/m1/s1. The van der Waals surface area contributed by atoms with Crippen LogP contribution in [0.2, 0.25) is 5.02 Å². The molecule has 0 radical (unpaired) electrons. The van der Waals surface area contributed by atoms with Crippen LogP contribution in [0.25, 0.3) is 0 Å². The van der Waals surface area contributed by atoms with Gasteiger partial charge in [0, 0.05) is 38.9 Å². The van der Waals surface area contributed by atoms with Crippen LogP contribution in [0.1, 0.15) is 29.2 Å². The van der Waals surface area contributed by atoms with Crippen molar-refractivity contribution in [1.29, 1.82) is 0 Å². The van der Waals surface area contributed by atoms with Crippen LogP contribution in [0.3, 0.4) is 0 Å². The highest BCUT2D eigenvalue weighted by molar-refractivity contribution is 8.00. The highest BCUT2D eigenvalue weighted by Crippen LogP contribution is 2.69. The molecule has 2 aliphatic heterocycles. The summed E-state index contributed by atoms with van der Waals surface area (Å²) in [6.07, 6.45) is 0.313. The van der Waals surface area contributed by atoms with E-state index in [1.54, 1.807) is 18.2 Å². The Morgan fingerprint density at radius 3 is 2.47 bits per heavy atom. The number of ether oxygens (including phenoxy) is 1. The van der Waals surface area contributed by atoms with Gasteiger partial charge in [-0.2, -0.15) is 0 Å². The fourth-order valence-corrected chi connectivity index (χ4v) is 11.4. The molecule has 2 bridgehead atoms. The van der Waals surface area contributed by atoms with E-state index in [0.717, 1.165) is 21.1 Å². The summed E-state index contributed by atoms with van der Waals surface area (Å²) < 4.78 is 29.1. The van der Waals surface area contributed by atoms with Gasteiger partial charge in [0.25, 0.3) is 5.91 Å². The van der Waals surface area contributed by atoms with Crippen LogP contribution < -0.4 is 20.1 Å². The monoisotopic (exact) mass is 718 g/mol. The van der Waals surface area contributed by atoms with Crippen LogP contribution in [0.5, 0.6) is 5.75 Å². The number of amides is 3. The topological polar surface area (TPSA) is 206 Å². The van der Waals surface area contributed by atoms with Crippen molar-refractivity contribution in [3.8, 4) is 5.75 Å². The summed E-state index contributed by atoms with van der Waals surface area (Å²) in [7, 11) is -3.89. The number of benzene rings is 2. The van der Waals surface area contributed by atoms with E-state index in [4.69, 9.17) is 21.5 Å². The number of likely N-dealkylation sites (tertiary alicyclic amines) is 1. The molecule has 7 rings (SSSR count). The second kappa shape index (κ2) is 11.8. The van der Waals surface area contributed by atoms with E-state index in [9.17, 15) is 37.5 Å². The number of anilines is 1. The van der Waals surface area contributed by atoms with Gasteiger partial charge in [0.05, 0.1) is 28.2 Å². The fraction of sp³-hybridized carbons (Fsp3) is 0.367. The van der Waals surface area contributed by atoms with Crippen molar-refractivity contribution in [1.82, 2.24) is 9.88 Å². The highest BCUT2D eigenvalue weighted by atomic mass is 35.5. The third kappa shape index (κ3) is 5.55. The van der Waals surface area contributed by atoms with Crippen molar-refractivity contribution in [3.63, 3.8) is 0 Å². The number of rotatable bonds is 9. The number of aliphatic carboxylic acids is 1. The molecule has 7 atom stereocenters. The molecule has 6 unspecified atom stereocenters. The predicted octanol–water partition coefficient (Wildman–Crippen LogP) is 2.70. The minimum atomic E-state index is -3.89. The average Bonchev–Trinajstić information content (AvgIpc) is 3.74. The van der Waals surface area contributed by atoms with Gasteiger partial charge in [0.1, 0.15) is 5.75 Å². The molecule has 3 amide bonds. The number of hydrogen-bond donors (Lipinski definition) is 4. The number of hydrogen-bond acceptors (Lipinski definition) is 10. The Hall–Kier alpha value is -3.70. The van der Waals surface area contributed by atoms with E-state index in [2.05, 4.69) is 10.3 Å². The van der Waals surface area contributed by atoms with Crippen molar-refractivity contribution >= 4 is 74.1 Å². The summed E-state index contributed by atoms with van der Waals surface area (Å²) in [5, 5.41) is 17.9. The number of thiazole rings is 1. The van der Waals surface area contributed by atoms with Gasteiger partial charge in [-0.25, -0.2) is 13.6 Å². The lowest BCUT2D eigenvalue weighted by molar-refractivity contribution is -0.142. The Bertz CT molecular complexity index is 2000. The van der Waals surface area contributed by atoms with E-state index >= 15 is 0 Å². The number of carboxylic acids is 1. The minimum Gasteiger partial charge on any atom is -0.483 e. The molecule has 3 fully saturated rings. The van der Waals surface area contributed by atoms with Crippen LogP contribution in [-0.2, 0) is 29.2 Å². The molecule has 13 nitrogen and oxygen atoms in total. The number of H-pyrrole nitrogens is 1. The second-order valence-electron chi connectivity index (χ2n) is 12.0. The molecule has 3 heterocycles. The fourth-order valence-electron chi connectivity index (χ4n) is 7.82. The largest absolute Gasteiger partial charge is 0.483 e. The summed E-state index contributed by atoms with van der Waals surface area (Å²) in [4.78, 5) is 68.3. The maximum atomic E-state index is 13.6. The second-order valence-corrected chi connectivity index (χ2v) is 16.2. The van der Waals surface area contributed by atoms with Crippen LogP contribution in [-0.4, -0.2) is 65.5 Å². The first-order valence-corrected chi connectivity index (χ1v) is 18.3. The third-order valence-electron chi connectivity index (χ3n) is 9.50. The van der Waals surface area contributed by atoms with Crippen LogP contribution >= 0.6 is 34.7 Å². The molecule has 0 spiro atoms. The zero-order valence-corrected chi connectivity index (χ0v) is 27.5. The summed E-state index contributed by atoms with van der Waals surface area (Å²) in [5.41, 5.74) is 0.971. The van der Waals surface area contributed by atoms with E-state index in [0.29, 0.717) is 33.5 Å². The Labute approximate surface area is 280 Å². The summed E-state index contributed by atoms with van der Waals surface area (Å²) >= 11 is 9.08. The van der Waals surface area contributed by atoms with Crippen LogP contribution in [0.15, 0.2) is 57.2 Å². The number of imide groups is 1. The zero-order chi connectivity index (χ0) is 33.4. The van der Waals surface area contributed by atoms with E-state index < -0.39 is 46.3 Å². The zero-order valence-electron chi connectivity index (χ0n) is 24.3. The molecule has 1 saturated heterocycles. The summed E-state index contributed by atoms with van der Waals surface area (Å²) in [6, 6.07) is 10.4. The molecule has 3 aromatic rings. The number of carboxylic acid groups (broad SMARTS) is 1. The third-order valence-corrected chi connectivity index (χ3v) is 13.2. The maximum absolute atomic E-state index is 13.6. The van der Waals surface area contributed by atoms with Gasteiger partial charge in [-0.3, -0.25) is 28.9 Å². The molecular formula is C30H27ClN4O9S3. The van der Waals surface area contributed by atoms with Gasteiger partial charge in [-0.05, 0) is 66.6 Å². The number of carbonyl (C=O) groups excluding carboxylic acids is 3. The number of aromatic nitrogens is 1. The van der Waals surface area contributed by atoms with E-state index in [1.165, 1.54) is 36.0 Å². The maximum Gasteiger partial charge on any atom is 0.305 e.